The highest BCUT2D eigenvalue weighted by atomic mass is 35.5. The maximum absolute atomic E-state index is 10.7. The number of benzene rings is 2. The predicted molar refractivity (Wildman–Crippen MR) is 78.8 cm³/mol. The molecular weight excluding hydrogens is 307 g/mol. The largest absolute Gasteiger partial charge is 0.495 e. The standard InChI is InChI=1S/C14H9Cl3O2/c1-19-14-6-12(16)10(5-13(14)17)8-2-3-9(7-18)11(15)4-8/h2-7H,1H3. The van der Waals surface area contributed by atoms with E-state index in [1.165, 1.54) is 7.11 Å². The summed E-state index contributed by atoms with van der Waals surface area (Å²) >= 11 is 18.3. The molecule has 0 aliphatic heterocycles. The van der Waals surface area contributed by atoms with Gasteiger partial charge in [0.2, 0.25) is 0 Å². The quantitative estimate of drug-likeness (QED) is 0.733. The number of methoxy groups -OCH3 is 1. The van der Waals surface area contributed by atoms with Crippen LogP contribution in [0.2, 0.25) is 15.1 Å². The van der Waals surface area contributed by atoms with Gasteiger partial charge >= 0.3 is 0 Å². The number of carbonyl (C=O) groups is 1. The van der Waals surface area contributed by atoms with Gasteiger partial charge in [-0.05, 0) is 23.8 Å². The first-order valence-corrected chi connectivity index (χ1v) is 6.48. The number of rotatable bonds is 3. The van der Waals surface area contributed by atoms with Crippen LogP contribution in [0.1, 0.15) is 10.4 Å². The average molecular weight is 316 g/mol. The van der Waals surface area contributed by atoms with Gasteiger partial charge in [-0.2, -0.15) is 0 Å². The van der Waals surface area contributed by atoms with Gasteiger partial charge in [-0.25, -0.2) is 0 Å². The molecular formula is C14H9Cl3O2. The summed E-state index contributed by atoms with van der Waals surface area (Å²) in [6.07, 6.45) is 0.703. The van der Waals surface area contributed by atoms with Gasteiger partial charge in [-0.3, -0.25) is 4.79 Å². The van der Waals surface area contributed by atoms with E-state index in [0.717, 1.165) is 11.1 Å². The van der Waals surface area contributed by atoms with Crippen LogP contribution in [0.3, 0.4) is 0 Å². The first-order valence-electron chi connectivity index (χ1n) is 5.35. The number of aldehydes is 1. The van der Waals surface area contributed by atoms with E-state index in [0.29, 0.717) is 32.7 Å². The first kappa shape index (κ1) is 14.2. The van der Waals surface area contributed by atoms with Crippen LogP contribution in [-0.4, -0.2) is 13.4 Å². The summed E-state index contributed by atoms with van der Waals surface area (Å²) in [5.74, 6) is 0.506. The second-order valence-electron chi connectivity index (χ2n) is 3.82. The van der Waals surface area contributed by atoms with E-state index < -0.39 is 0 Å². The van der Waals surface area contributed by atoms with Gasteiger partial charge in [0.05, 0.1) is 22.2 Å². The minimum Gasteiger partial charge on any atom is -0.495 e. The Morgan fingerprint density at radius 1 is 1.00 bits per heavy atom. The van der Waals surface area contributed by atoms with Crippen LogP contribution in [-0.2, 0) is 0 Å². The summed E-state index contributed by atoms with van der Waals surface area (Å²) in [4.78, 5) is 10.7. The zero-order chi connectivity index (χ0) is 14.0. The van der Waals surface area contributed by atoms with E-state index in [1.807, 2.05) is 0 Å². The minimum atomic E-state index is 0.371. The molecule has 5 heteroatoms. The van der Waals surface area contributed by atoms with Crippen LogP contribution in [0.4, 0.5) is 0 Å². The normalized spacial score (nSPS) is 10.3. The Morgan fingerprint density at radius 3 is 2.32 bits per heavy atom. The van der Waals surface area contributed by atoms with Crippen molar-refractivity contribution in [2.75, 3.05) is 7.11 Å². The van der Waals surface area contributed by atoms with Crippen molar-refractivity contribution in [1.29, 1.82) is 0 Å². The zero-order valence-electron chi connectivity index (χ0n) is 9.91. The molecule has 0 unspecified atom stereocenters. The lowest BCUT2D eigenvalue weighted by Crippen LogP contribution is -1.88. The fraction of sp³-hybridized carbons (Fsp3) is 0.0714. The summed E-state index contributed by atoms with van der Waals surface area (Å²) < 4.78 is 5.09. The highest BCUT2D eigenvalue weighted by Crippen LogP contribution is 2.37. The van der Waals surface area contributed by atoms with E-state index in [-0.39, 0.29) is 0 Å². The summed E-state index contributed by atoms with van der Waals surface area (Å²) in [7, 11) is 1.52. The molecule has 2 nitrogen and oxygen atoms in total. The molecule has 0 saturated carbocycles. The van der Waals surface area contributed by atoms with Crippen molar-refractivity contribution in [3.05, 3.63) is 51.0 Å². The predicted octanol–water partition coefficient (Wildman–Crippen LogP) is 5.13. The van der Waals surface area contributed by atoms with E-state index in [4.69, 9.17) is 39.5 Å². The van der Waals surface area contributed by atoms with Gasteiger partial charge in [-0.1, -0.05) is 40.9 Å². The van der Waals surface area contributed by atoms with Gasteiger partial charge in [-0.15, -0.1) is 0 Å². The van der Waals surface area contributed by atoms with E-state index in [9.17, 15) is 4.79 Å². The van der Waals surface area contributed by atoms with Crippen LogP contribution in [0, 0.1) is 0 Å². The van der Waals surface area contributed by atoms with E-state index >= 15 is 0 Å². The number of carbonyl (C=O) groups excluding carboxylic acids is 1. The van der Waals surface area contributed by atoms with E-state index in [2.05, 4.69) is 0 Å². The van der Waals surface area contributed by atoms with Crippen molar-refractivity contribution < 1.29 is 9.53 Å². The van der Waals surface area contributed by atoms with Crippen LogP contribution in [0.25, 0.3) is 11.1 Å². The van der Waals surface area contributed by atoms with Crippen molar-refractivity contribution in [1.82, 2.24) is 0 Å². The first-order chi connectivity index (χ1) is 9.06. The molecule has 2 rings (SSSR count). The molecule has 2 aromatic rings. The number of hydrogen-bond donors (Lipinski definition) is 0. The topological polar surface area (TPSA) is 26.3 Å². The van der Waals surface area contributed by atoms with Crippen molar-refractivity contribution >= 4 is 41.1 Å². The molecule has 0 amide bonds. The SMILES string of the molecule is COc1cc(Cl)c(-c2ccc(C=O)c(Cl)c2)cc1Cl. The molecule has 0 aliphatic rings. The molecule has 98 valence electrons. The zero-order valence-corrected chi connectivity index (χ0v) is 12.2. The monoisotopic (exact) mass is 314 g/mol. The summed E-state index contributed by atoms with van der Waals surface area (Å²) in [5, 5.41) is 1.32. The molecule has 0 fully saturated rings. The molecule has 0 aliphatic carbocycles. The van der Waals surface area contributed by atoms with Crippen LogP contribution < -0.4 is 4.74 Å². The number of hydrogen-bond acceptors (Lipinski definition) is 2. The van der Waals surface area contributed by atoms with Gasteiger partial charge < -0.3 is 4.74 Å². The summed E-state index contributed by atoms with van der Waals surface area (Å²) in [6, 6.07) is 8.42. The third-order valence-corrected chi connectivity index (χ3v) is 3.62. The highest BCUT2D eigenvalue weighted by Gasteiger charge is 2.11. The van der Waals surface area contributed by atoms with Crippen LogP contribution >= 0.6 is 34.8 Å². The van der Waals surface area contributed by atoms with Crippen LogP contribution in [0.5, 0.6) is 5.75 Å². The van der Waals surface area contributed by atoms with Crippen molar-refractivity contribution in [2.45, 2.75) is 0 Å². The Kier molecular flexibility index (Phi) is 4.35. The molecule has 0 atom stereocenters. The lowest BCUT2D eigenvalue weighted by Gasteiger charge is -2.10. The lowest BCUT2D eigenvalue weighted by molar-refractivity contribution is 0.112. The second kappa shape index (κ2) is 5.83. The highest BCUT2D eigenvalue weighted by molar-refractivity contribution is 6.36. The van der Waals surface area contributed by atoms with Crippen LogP contribution in [0.15, 0.2) is 30.3 Å². The van der Waals surface area contributed by atoms with E-state index in [1.54, 1.807) is 30.3 Å². The maximum atomic E-state index is 10.7. The fourth-order valence-electron chi connectivity index (χ4n) is 1.70. The second-order valence-corrected chi connectivity index (χ2v) is 5.04. The van der Waals surface area contributed by atoms with Crippen molar-refractivity contribution in [3.63, 3.8) is 0 Å². The van der Waals surface area contributed by atoms with Gasteiger partial charge in [0.1, 0.15) is 5.75 Å². The Bertz CT molecular complexity index is 639. The van der Waals surface area contributed by atoms with Crippen molar-refractivity contribution in [2.24, 2.45) is 0 Å². The molecule has 0 N–H and O–H groups in total. The molecule has 0 heterocycles. The molecule has 2 aromatic carbocycles. The summed E-state index contributed by atoms with van der Waals surface area (Å²) in [5.41, 5.74) is 1.94. The number of ether oxygens (including phenoxy) is 1. The smallest absolute Gasteiger partial charge is 0.151 e. The lowest BCUT2D eigenvalue weighted by atomic mass is 10.0. The molecule has 0 saturated heterocycles. The minimum absolute atomic E-state index is 0.371. The van der Waals surface area contributed by atoms with Gasteiger partial charge in [0.25, 0.3) is 0 Å². The fourth-order valence-corrected chi connectivity index (χ4v) is 2.43. The Balaban J connectivity index is 2.56. The molecule has 0 bridgehead atoms. The average Bonchev–Trinajstić information content (AvgIpc) is 2.40. The Labute approximate surface area is 125 Å². The van der Waals surface area contributed by atoms with Gasteiger partial charge in [0.15, 0.2) is 6.29 Å². The molecule has 19 heavy (non-hydrogen) atoms. The number of halogens is 3. The third kappa shape index (κ3) is 2.86. The van der Waals surface area contributed by atoms with Crippen molar-refractivity contribution in [3.8, 4) is 16.9 Å². The maximum Gasteiger partial charge on any atom is 0.151 e. The summed E-state index contributed by atoms with van der Waals surface area (Å²) in [6.45, 7) is 0. The Morgan fingerprint density at radius 2 is 1.74 bits per heavy atom. The molecule has 0 aromatic heterocycles. The third-order valence-electron chi connectivity index (χ3n) is 2.68. The Hall–Kier alpha value is -1.22. The van der Waals surface area contributed by atoms with Gasteiger partial charge in [0, 0.05) is 17.2 Å². The molecule has 0 spiro atoms. The molecule has 0 radical (unpaired) electrons.